The van der Waals surface area contributed by atoms with Crippen LogP contribution in [0.5, 0.6) is 0 Å². The zero-order valence-electron chi connectivity index (χ0n) is 12.0. The van der Waals surface area contributed by atoms with E-state index in [1.54, 1.807) is 17.1 Å². The minimum absolute atomic E-state index is 0.161. The van der Waals surface area contributed by atoms with Crippen molar-refractivity contribution in [1.29, 1.82) is 0 Å². The fourth-order valence-corrected chi connectivity index (χ4v) is 2.77. The SMILES string of the molecule is Cc1cc(I)ccc1NC(=O)c1cnn(-c2ccccc2)c1. The lowest BCUT2D eigenvalue weighted by molar-refractivity contribution is 0.102. The average molecular weight is 403 g/mol. The van der Waals surface area contributed by atoms with Gasteiger partial charge in [0, 0.05) is 15.5 Å². The van der Waals surface area contributed by atoms with Crippen molar-refractivity contribution < 1.29 is 4.79 Å². The van der Waals surface area contributed by atoms with Gasteiger partial charge in [-0.05, 0) is 65.4 Å². The number of carbonyl (C=O) groups is 1. The molecular formula is C17H14IN3O. The number of carbonyl (C=O) groups excluding carboxylic acids is 1. The summed E-state index contributed by atoms with van der Waals surface area (Å²) in [7, 11) is 0. The van der Waals surface area contributed by atoms with Crippen LogP contribution in [0.4, 0.5) is 5.69 Å². The molecule has 22 heavy (non-hydrogen) atoms. The molecule has 0 saturated carbocycles. The minimum atomic E-state index is -0.161. The predicted octanol–water partition coefficient (Wildman–Crippen LogP) is 4.04. The van der Waals surface area contributed by atoms with Gasteiger partial charge in [-0.3, -0.25) is 4.79 Å². The molecule has 110 valence electrons. The highest BCUT2D eigenvalue weighted by molar-refractivity contribution is 14.1. The highest BCUT2D eigenvalue weighted by atomic mass is 127. The Kier molecular flexibility index (Phi) is 4.24. The molecule has 0 atom stereocenters. The highest BCUT2D eigenvalue weighted by Gasteiger charge is 2.11. The average Bonchev–Trinajstić information content (AvgIpc) is 3.01. The van der Waals surface area contributed by atoms with Crippen LogP contribution in [0.3, 0.4) is 0 Å². The van der Waals surface area contributed by atoms with Gasteiger partial charge in [-0.15, -0.1) is 0 Å². The van der Waals surface area contributed by atoms with E-state index in [-0.39, 0.29) is 5.91 Å². The summed E-state index contributed by atoms with van der Waals surface area (Å²) >= 11 is 2.25. The maximum absolute atomic E-state index is 12.3. The zero-order chi connectivity index (χ0) is 15.5. The van der Waals surface area contributed by atoms with Gasteiger partial charge in [0.15, 0.2) is 0 Å². The third-order valence-electron chi connectivity index (χ3n) is 3.30. The molecule has 3 rings (SSSR count). The van der Waals surface area contributed by atoms with Crippen molar-refractivity contribution in [2.75, 3.05) is 5.32 Å². The van der Waals surface area contributed by atoms with Crippen LogP contribution in [0, 0.1) is 10.5 Å². The molecule has 1 aromatic heterocycles. The van der Waals surface area contributed by atoms with Crippen molar-refractivity contribution in [3.63, 3.8) is 0 Å². The van der Waals surface area contributed by atoms with Crippen molar-refractivity contribution in [1.82, 2.24) is 9.78 Å². The Labute approximate surface area is 142 Å². The number of aromatic nitrogens is 2. The molecule has 0 aliphatic rings. The minimum Gasteiger partial charge on any atom is -0.322 e. The summed E-state index contributed by atoms with van der Waals surface area (Å²) in [6, 6.07) is 15.6. The normalized spacial score (nSPS) is 10.5. The van der Waals surface area contributed by atoms with E-state index in [0.29, 0.717) is 5.56 Å². The second-order valence-corrected chi connectivity index (χ2v) is 6.17. The Hall–Kier alpha value is -2.15. The number of hydrogen-bond donors (Lipinski definition) is 1. The Morgan fingerprint density at radius 1 is 1.18 bits per heavy atom. The molecule has 4 nitrogen and oxygen atoms in total. The van der Waals surface area contributed by atoms with Crippen LogP contribution in [0.2, 0.25) is 0 Å². The molecule has 2 aromatic carbocycles. The van der Waals surface area contributed by atoms with E-state index in [2.05, 4.69) is 33.0 Å². The molecule has 0 bridgehead atoms. The number of aryl methyl sites for hydroxylation is 1. The second kappa shape index (κ2) is 6.31. The van der Waals surface area contributed by atoms with Crippen molar-refractivity contribution in [3.05, 3.63) is 75.6 Å². The van der Waals surface area contributed by atoms with Crippen LogP contribution in [0.25, 0.3) is 5.69 Å². The van der Waals surface area contributed by atoms with Gasteiger partial charge in [0.05, 0.1) is 17.4 Å². The largest absolute Gasteiger partial charge is 0.322 e. The van der Waals surface area contributed by atoms with E-state index in [4.69, 9.17) is 0 Å². The first-order valence-corrected chi connectivity index (χ1v) is 7.89. The van der Waals surface area contributed by atoms with Crippen LogP contribution >= 0.6 is 22.6 Å². The van der Waals surface area contributed by atoms with Gasteiger partial charge < -0.3 is 5.32 Å². The number of nitrogens with one attached hydrogen (secondary N) is 1. The molecule has 1 heterocycles. The lowest BCUT2D eigenvalue weighted by Gasteiger charge is -2.07. The van der Waals surface area contributed by atoms with Crippen molar-refractivity contribution in [2.45, 2.75) is 6.92 Å². The van der Waals surface area contributed by atoms with Crippen molar-refractivity contribution in [3.8, 4) is 5.69 Å². The highest BCUT2D eigenvalue weighted by Crippen LogP contribution is 2.18. The number of nitrogens with zero attached hydrogens (tertiary/aromatic N) is 2. The number of para-hydroxylation sites is 1. The number of amides is 1. The molecule has 0 unspecified atom stereocenters. The maximum Gasteiger partial charge on any atom is 0.258 e. The van der Waals surface area contributed by atoms with Crippen LogP contribution in [-0.2, 0) is 0 Å². The summed E-state index contributed by atoms with van der Waals surface area (Å²) in [4.78, 5) is 12.3. The quantitative estimate of drug-likeness (QED) is 0.672. The summed E-state index contributed by atoms with van der Waals surface area (Å²) in [6.45, 7) is 1.98. The second-order valence-electron chi connectivity index (χ2n) is 4.92. The third kappa shape index (κ3) is 3.19. The van der Waals surface area contributed by atoms with E-state index >= 15 is 0 Å². The summed E-state index contributed by atoms with van der Waals surface area (Å²) < 4.78 is 2.83. The van der Waals surface area contributed by atoms with E-state index in [1.165, 1.54) is 0 Å². The summed E-state index contributed by atoms with van der Waals surface area (Å²) in [5, 5.41) is 7.16. The Morgan fingerprint density at radius 2 is 1.95 bits per heavy atom. The molecule has 0 radical (unpaired) electrons. The van der Waals surface area contributed by atoms with Gasteiger partial charge in [0.1, 0.15) is 0 Å². The molecular weight excluding hydrogens is 389 g/mol. The molecule has 0 aliphatic heterocycles. The van der Waals surface area contributed by atoms with E-state index < -0.39 is 0 Å². The standard InChI is InChI=1S/C17H14IN3O/c1-12-9-14(18)7-8-16(12)20-17(22)13-10-19-21(11-13)15-5-3-2-4-6-15/h2-11H,1H3,(H,20,22). The maximum atomic E-state index is 12.3. The van der Waals surface area contributed by atoms with E-state index in [0.717, 1.165) is 20.5 Å². The van der Waals surface area contributed by atoms with Gasteiger partial charge in [0.25, 0.3) is 5.91 Å². The fraction of sp³-hybridized carbons (Fsp3) is 0.0588. The van der Waals surface area contributed by atoms with E-state index in [1.807, 2.05) is 55.5 Å². The van der Waals surface area contributed by atoms with Gasteiger partial charge in [-0.25, -0.2) is 4.68 Å². The lowest BCUT2D eigenvalue weighted by Crippen LogP contribution is -2.12. The third-order valence-corrected chi connectivity index (χ3v) is 3.97. The zero-order valence-corrected chi connectivity index (χ0v) is 14.1. The number of anilines is 1. The molecule has 0 aliphatic carbocycles. The fourth-order valence-electron chi connectivity index (χ4n) is 2.12. The number of halogens is 1. The summed E-state index contributed by atoms with van der Waals surface area (Å²) in [5.41, 5.74) is 3.31. The molecule has 1 N–H and O–H groups in total. The van der Waals surface area contributed by atoms with E-state index in [9.17, 15) is 4.79 Å². The molecule has 0 spiro atoms. The number of rotatable bonds is 3. The Bertz CT molecular complexity index is 812. The Balaban J connectivity index is 1.80. The smallest absolute Gasteiger partial charge is 0.258 e. The molecule has 0 fully saturated rings. The first-order valence-electron chi connectivity index (χ1n) is 6.81. The number of hydrogen-bond acceptors (Lipinski definition) is 2. The first kappa shape index (κ1) is 14.8. The first-order chi connectivity index (χ1) is 10.6. The van der Waals surface area contributed by atoms with Crippen LogP contribution in [0.1, 0.15) is 15.9 Å². The monoisotopic (exact) mass is 403 g/mol. The molecule has 3 aromatic rings. The van der Waals surface area contributed by atoms with Gasteiger partial charge >= 0.3 is 0 Å². The van der Waals surface area contributed by atoms with Gasteiger partial charge in [-0.1, -0.05) is 18.2 Å². The van der Waals surface area contributed by atoms with Crippen LogP contribution in [-0.4, -0.2) is 15.7 Å². The summed E-state index contributed by atoms with van der Waals surface area (Å²) in [6.07, 6.45) is 3.30. The molecule has 1 amide bonds. The van der Waals surface area contributed by atoms with Crippen LogP contribution in [0.15, 0.2) is 60.9 Å². The molecule has 5 heteroatoms. The topological polar surface area (TPSA) is 46.9 Å². The van der Waals surface area contributed by atoms with Gasteiger partial charge in [0.2, 0.25) is 0 Å². The molecule has 0 saturated heterocycles. The van der Waals surface area contributed by atoms with Crippen LogP contribution < -0.4 is 5.32 Å². The lowest BCUT2D eigenvalue weighted by atomic mass is 10.2. The number of benzene rings is 2. The van der Waals surface area contributed by atoms with Crippen molar-refractivity contribution in [2.24, 2.45) is 0 Å². The van der Waals surface area contributed by atoms with Crippen molar-refractivity contribution >= 4 is 34.2 Å². The van der Waals surface area contributed by atoms with Gasteiger partial charge in [-0.2, -0.15) is 5.10 Å². The Morgan fingerprint density at radius 3 is 2.68 bits per heavy atom. The predicted molar refractivity (Wildman–Crippen MR) is 95.4 cm³/mol. The summed E-state index contributed by atoms with van der Waals surface area (Å²) in [5.74, 6) is -0.161.